The molecule has 2 aromatic rings. The third kappa shape index (κ3) is 3.14. The molecular formula is C16H14N2O4S. The molecule has 1 unspecified atom stereocenters. The van der Waals surface area contributed by atoms with Crippen molar-refractivity contribution in [3.63, 3.8) is 0 Å². The number of amides is 1. The molecule has 1 amide bonds. The predicted molar refractivity (Wildman–Crippen MR) is 87.0 cm³/mol. The highest BCUT2D eigenvalue weighted by Gasteiger charge is 2.33. The smallest absolute Gasteiger partial charge is 0.311 e. The Morgan fingerprint density at radius 1 is 1.26 bits per heavy atom. The van der Waals surface area contributed by atoms with Crippen molar-refractivity contribution in [2.75, 3.05) is 5.75 Å². The van der Waals surface area contributed by atoms with Gasteiger partial charge in [-0.1, -0.05) is 36.4 Å². The van der Waals surface area contributed by atoms with E-state index in [0.29, 0.717) is 17.9 Å². The van der Waals surface area contributed by atoms with Gasteiger partial charge >= 0.3 is 5.69 Å². The Morgan fingerprint density at radius 3 is 2.70 bits per heavy atom. The molecule has 0 aliphatic carbocycles. The van der Waals surface area contributed by atoms with Gasteiger partial charge in [-0.15, -0.1) is 11.8 Å². The SMILES string of the molecule is O=C1CSC(c2ccc(O)c([N+](=O)[O-])c2)N1Cc1ccccc1. The van der Waals surface area contributed by atoms with Crippen LogP contribution in [0.15, 0.2) is 48.5 Å². The number of rotatable bonds is 4. The van der Waals surface area contributed by atoms with E-state index in [-0.39, 0.29) is 22.7 Å². The number of aromatic hydroxyl groups is 1. The second kappa shape index (κ2) is 6.29. The number of hydrogen-bond acceptors (Lipinski definition) is 5. The minimum Gasteiger partial charge on any atom is -0.502 e. The Bertz CT molecular complexity index is 751. The lowest BCUT2D eigenvalue weighted by Crippen LogP contribution is -2.27. The van der Waals surface area contributed by atoms with Crippen LogP contribution in [0.3, 0.4) is 0 Å². The van der Waals surface area contributed by atoms with Crippen molar-refractivity contribution < 1.29 is 14.8 Å². The fourth-order valence-electron chi connectivity index (χ4n) is 2.52. The van der Waals surface area contributed by atoms with Gasteiger partial charge in [-0.3, -0.25) is 14.9 Å². The van der Waals surface area contributed by atoms with Crippen LogP contribution >= 0.6 is 11.8 Å². The molecule has 1 saturated heterocycles. The van der Waals surface area contributed by atoms with Gasteiger partial charge in [-0.05, 0) is 17.2 Å². The first kappa shape index (κ1) is 15.4. The Balaban J connectivity index is 1.90. The van der Waals surface area contributed by atoms with Crippen LogP contribution in [0.4, 0.5) is 5.69 Å². The molecule has 0 saturated carbocycles. The van der Waals surface area contributed by atoms with Crippen molar-refractivity contribution in [2.24, 2.45) is 0 Å². The van der Waals surface area contributed by atoms with Crippen LogP contribution in [-0.4, -0.2) is 26.6 Å². The summed E-state index contributed by atoms with van der Waals surface area (Å²) in [6.45, 7) is 0.450. The molecule has 7 heteroatoms. The number of phenolic OH excluding ortho intramolecular Hbond substituents is 1. The third-order valence-corrected chi connectivity index (χ3v) is 4.90. The second-order valence-corrected chi connectivity index (χ2v) is 6.24. The van der Waals surface area contributed by atoms with Crippen LogP contribution in [0.1, 0.15) is 16.5 Å². The Hall–Kier alpha value is -2.54. The van der Waals surface area contributed by atoms with Gasteiger partial charge in [0.05, 0.1) is 10.7 Å². The lowest BCUT2D eigenvalue weighted by Gasteiger charge is -2.24. The molecule has 2 aromatic carbocycles. The summed E-state index contributed by atoms with van der Waals surface area (Å²) in [6, 6.07) is 13.9. The molecule has 118 valence electrons. The van der Waals surface area contributed by atoms with Crippen molar-refractivity contribution >= 4 is 23.4 Å². The quantitative estimate of drug-likeness (QED) is 0.688. The van der Waals surface area contributed by atoms with Crippen LogP contribution < -0.4 is 0 Å². The number of benzene rings is 2. The van der Waals surface area contributed by atoms with Crippen LogP contribution in [0, 0.1) is 10.1 Å². The zero-order valence-electron chi connectivity index (χ0n) is 12.1. The van der Waals surface area contributed by atoms with Gasteiger partial charge in [-0.25, -0.2) is 0 Å². The van der Waals surface area contributed by atoms with Crippen LogP contribution in [0.2, 0.25) is 0 Å². The maximum Gasteiger partial charge on any atom is 0.311 e. The number of nitro groups is 1. The first-order chi connectivity index (χ1) is 11.1. The average molecular weight is 330 g/mol. The maximum atomic E-state index is 12.2. The molecule has 1 fully saturated rings. The van der Waals surface area contributed by atoms with Gasteiger partial charge < -0.3 is 10.0 Å². The fourth-order valence-corrected chi connectivity index (χ4v) is 3.70. The predicted octanol–water partition coefficient (Wildman–Crippen LogP) is 3.07. The number of phenols is 1. The Kier molecular flexibility index (Phi) is 4.20. The largest absolute Gasteiger partial charge is 0.502 e. The molecule has 1 heterocycles. The molecular weight excluding hydrogens is 316 g/mol. The van der Waals surface area contributed by atoms with E-state index in [1.165, 1.54) is 23.9 Å². The molecule has 0 bridgehead atoms. The van der Waals surface area contributed by atoms with E-state index in [1.807, 2.05) is 30.3 Å². The minimum atomic E-state index is -0.623. The fraction of sp³-hybridized carbons (Fsp3) is 0.188. The molecule has 1 atom stereocenters. The normalized spacial score (nSPS) is 17.5. The molecule has 3 rings (SSSR count). The van der Waals surface area contributed by atoms with E-state index in [0.717, 1.165) is 5.56 Å². The van der Waals surface area contributed by atoms with Crippen molar-refractivity contribution in [1.29, 1.82) is 0 Å². The van der Waals surface area contributed by atoms with E-state index >= 15 is 0 Å². The molecule has 0 aromatic heterocycles. The van der Waals surface area contributed by atoms with Crippen LogP contribution in [0.25, 0.3) is 0 Å². The molecule has 6 nitrogen and oxygen atoms in total. The number of carbonyl (C=O) groups is 1. The maximum absolute atomic E-state index is 12.2. The standard InChI is InChI=1S/C16H14N2O4S/c19-14-7-6-12(8-13(14)18(21)22)16-17(15(20)10-23-16)9-11-4-2-1-3-5-11/h1-8,16,19H,9-10H2. The summed E-state index contributed by atoms with van der Waals surface area (Å²) >= 11 is 1.43. The van der Waals surface area contributed by atoms with Crippen LogP contribution in [0.5, 0.6) is 5.75 Å². The summed E-state index contributed by atoms with van der Waals surface area (Å²) in [4.78, 5) is 24.2. The summed E-state index contributed by atoms with van der Waals surface area (Å²) < 4.78 is 0. The summed E-state index contributed by atoms with van der Waals surface area (Å²) in [6.07, 6.45) is 0. The number of hydrogen-bond donors (Lipinski definition) is 1. The highest BCUT2D eigenvalue weighted by molar-refractivity contribution is 8.00. The van der Waals surface area contributed by atoms with Crippen molar-refractivity contribution in [1.82, 2.24) is 4.90 Å². The monoisotopic (exact) mass is 330 g/mol. The lowest BCUT2D eigenvalue weighted by molar-refractivity contribution is -0.385. The van der Waals surface area contributed by atoms with Gasteiger partial charge in [0.1, 0.15) is 5.37 Å². The first-order valence-corrected chi connectivity index (χ1v) is 8.03. The zero-order chi connectivity index (χ0) is 16.4. The molecule has 1 aliphatic heterocycles. The molecule has 0 radical (unpaired) electrons. The van der Waals surface area contributed by atoms with Crippen LogP contribution in [-0.2, 0) is 11.3 Å². The van der Waals surface area contributed by atoms with E-state index in [9.17, 15) is 20.0 Å². The van der Waals surface area contributed by atoms with Crippen molar-refractivity contribution in [2.45, 2.75) is 11.9 Å². The zero-order valence-corrected chi connectivity index (χ0v) is 12.9. The van der Waals surface area contributed by atoms with Gasteiger partial charge in [-0.2, -0.15) is 0 Å². The molecule has 0 spiro atoms. The molecule has 1 N–H and O–H groups in total. The highest BCUT2D eigenvalue weighted by Crippen LogP contribution is 2.41. The second-order valence-electron chi connectivity index (χ2n) is 5.18. The Labute approximate surface area is 136 Å². The summed E-state index contributed by atoms with van der Waals surface area (Å²) in [5.74, 6) is -0.0334. The summed E-state index contributed by atoms with van der Waals surface area (Å²) in [5, 5.41) is 20.3. The average Bonchev–Trinajstić information content (AvgIpc) is 2.90. The minimum absolute atomic E-state index is 0.000388. The summed E-state index contributed by atoms with van der Waals surface area (Å²) in [5.41, 5.74) is 1.30. The number of nitro benzene ring substituents is 1. The molecule has 1 aliphatic rings. The van der Waals surface area contributed by atoms with Gasteiger partial charge in [0.25, 0.3) is 0 Å². The number of thioether (sulfide) groups is 1. The van der Waals surface area contributed by atoms with Gasteiger partial charge in [0, 0.05) is 12.6 Å². The van der Waals surface area contributed by atoms with Crippen molar-refractivity contribution in [3.8, 4) is 5.75 Å². The number of carbonyl (C=O) groups excluding carboxylic acids is 1. The third-order valence-electron chi connectivity index (χ3n) is 3.65. The van der Waals surface area contributed by atoms with E-state index in [4.69, 9.17) is 0 Å². The first-order valence-electron chi connectivity index (χ1n) is 6.98. The number of nitrogens with zero attached hydrogens (tertiary/aromatic N) is 2. The van der Waals surface area contributed by atoms with E-state index in [1.54, 1.807) is 11.0 Å². The van der Waals surface area contributed by atoms with Gasteiger partial charge in [0.15, 0.2) is 5.75 Å². The van der Waals surface area contributed by atoms with E-state index < -0.39 is 4.92 Å². The van der Waals surface area contributed by atoms with E-state index in [2.05, 4.69) is 0 Å². The van der Waals surface area contributed by atoms with Gasteiger partial charge in [0.2, 0.25) is 5.91 Å². The highest BCUT2D eigenvalue weighted by atomic mass is 32.2. The Morgan fingerprint density at radius 2 is 2.00 bits per heavy atom. The lowest BCUT2D eigenvalue weighted by atomic mass is 10.1. The van der Waals surface area contributed by atoms with Crippen molar-refractivity contribution in [3.05, 3.63) is 69.8 Å². The summed E-state index contributed by atoms with van der Waals surface area (Å²) in [7, 11) is 0. The topological polar surface area (TPSA) is 83.7 Å². The molecule has 23 heavy (non-hydrogen) atoms.